The zero-order valence-electron chi connectivity index (χ0n) is 14.1. The molecule has 130 valence electrons. The van der Waals surface area contributed by atoms with Crippen LogP contribution in [-0.2, 0) is 5.41 Å². The number of anilines is 1. The Morgan fingerprint density at radius 3 is 2.44 bits per heavy atom. The van der Waals surface area contributed by atoms with Gasteiger partial charge in [0.1, 0.15) is 10.7 Å². The number of nitrogens with one attached hydrogen (secondary N) is 1. The third-order valence-corrected chi connectivity index (χ3v) is 5.81. The zero-order chi connectivity index (χ0) is 18.2. The van der Waals surface area contributed by atoms with Crippen molar-refractivity contribution in [1.82, 2.24) is 0 Å². The highest BCUT2D eigenvalue weighted by molar-refractivity contribution is 8.00. The normalized spacial score (nSPS) is 11.7. The first-order valence-corrected chi connectivity index (χ1v) is 9.38. The fraction of sp³-hybridized carbons (Fsp3) is 0.211. The van der Waals surface area contributed by atoms with Crippen LogP contribution in [0.4, 0.5) is 10.1 Å². The van der Waals surface area contributed by atoms with Crippen molar-refractivity contribution in [2.75, 3.05) is 4.72 Å². The molecule has 3 aromatic rings. The molecule has 6 heteroatoms. The summed E-state index contributed by atoms with van der Waals surface area (Å²) in [6.07, 6.45) is 0. The van der Waals surface area contributed by atoms with E-state index in [2.05, 4.69) is 37.6 Å². The van der Waals surface area contributed by atoms with Crippen molar-refractivity contribution in [3.8, 4) is 0 Å². The van der Waals surface area contributed by atoms with Crippen LogP contribution >= 0.6 is 23.3 Å². The van der Waals surface area contributed by atoms with E-state index in [0.717, 1.165) is 20.9 Å². The SMILES string of the molecule is CC(C)(C)c1ccc(SNc2c(C(=O)O)sc3ccc(F)cc23)cc1. The van der Waals surface area contributed by atoms with Gasteiger partial charge in [-0.1, -0.05) is 32.9 Å². The number of aromatic carboxylic acids is 1. The van der Waals surface area contributed by atoms with Crippen LogP contribution in [0, 0.1) is 5.82 Å². The summed E-state index contributed by atoms with van der Waals surface area (Å²) in [4.78, 5) is 12.6. The van der Waals surface area contributed by atoms with Crippen molar-refractivity contribution in [1.29, 1.82) is 0 Å². The lowest BCUT2D eigenvalue weighted by atomic mass is 9.87. The predicted molar refractivity (Wildman–Crippen MR) is 103 cm³/mol. The first-order valence-electron chi connectivity index (χ1n) is 7.74. The van der Waals surface area contributed by atoms with Gasteiger partial charge in [-0.3, -0.25) is 0 Å². The molecule has 3 nitrogen and oxygen atoms in total. The van der Waals surface area contributed by atoms with Crippen molar-refractivity contribution in [2.45, 2.75) is 31.1 Å². The number of carboxylic acids is 1. The minimum atomic E-state index is -1.02. The molecule has 0 bridgehead atoms. The second-order valence-electron chi connectivity index (χ2n) is 6.73. The van der Waals surface area contributed by atoms with Crippen LogP contribution in [0.2, 0.25) is 0 Å². The highest BCUT2D eigenvalue weighted by atomic mass is 32.2. The monoisotopic (exact) mass is 375 g/mol. The summed E-state index contributed by atoms with van der Waals surface area (Å²) in [5, 5.41) is 10.0. The summed E-state index contributed by atoms with van der Waals surface area (Å²) < 4.78 is 17.4. The van der Waals surface area contributed by atoms with Crippen LogP contribution in [0.5, 0.6) is 0 Å². The van der Waals surface area contributed by atoms with Crippen LogP contribution in [-0.4, -0.2) is 11.1 Å². The van der Waals surface area contributed by atoms with E-state index >= 15 is 0 Å². The second-order valence-corrected chi connectivity index (χ2v) is 8.66. The molecular formula is C19H18FNO2S2. The summed E-state index contributed by atoms with van der Waals surface area (Å²) in [5.41, 5.74) is 1.75. The molecule has 0 fully saturated rings. The molecular weight excluding hydrogens is 357 g/mol. The summed E-state index contributed by atoms with van der Waals surface area (Å²) in [7, 11) is 0. The van der Waals surface area contributed by atoms with E-state index < -0.39 is 5.97 Å². The molecule has 0 saturated carbocycles. The first-order chi connectivity index (χ1) is 11.8. The summed E-state index contributed by atoms with van der Waals surface area (Å²) in [5.74, 6) is -1.40. The first kappa shape index (κ1) is 17.8. The van der Waals surface area contributed by atoms with Gasteiger partial charge in [0.15, 0.2) is 0 Å². The van der Waals surface area contributed by atoms with Crippen LogP contribution in [0.1, 0.15) is 36.0 Å². The molecule has 0 spiro atoms. The third-order valence-electron chi connectivity index (χ3n) is 3.84. The molecule has 0 aliphatic heterocycles. The number of carbonyl (C=O) groups is 1. The van der Waals surface area contributed by atoms with Gasteiger partial charge in [0.05, 0.1) is 5.69 Å². The van der Waals surface area contributed by atoms with Gasteiger partial charge in [-0.15, -0.1) is 11.3 Å². The van der Waals surface area contributed by atoms with Gasteiger partial charge in [-0.05, 0) is 53.3 Å². The molecule has 3 rings (SSSR count). The number of hydrogen-bond acceptors (Lipinski definition) is 4. The quantitative estimate of drug-likeness (QED) is 0.537. The number of benzene rings is 2. The lowest BCUT2D eigenvalue weighted by Crippen LogP contribution is -2.10. The molecule has 0 amide bonds. The molecule has 0 atom stereocenters. The number of hydrogen-bond donors (Lipinski definition) is 2. The molecule has 1 aromatic heterocycles. The Hall–Kier alpha value is -2.05. The van der Waals surface area contributed by atoms with Crippen molar-refractivity contribution < 1.29 is 14.3 Å². The number of halogens is 1. The lowest BCUT2D eigenvalue weighted by Gasteiger charge is -2.19. The Morgan fingerprint density at radius 2 is 1.84 bits per heavy atom. The van der Waals surface area contributed by atoms with Gasteiger partial charge in [-0.25, -0.2) is 9.18 Å². The average Bonchev–Trinajstić information content (AvgIpc) is 2.90. The number of thiophene rings is 1. The molecule has 0 saturated heterocycles. The van der Waals surface area contributed by atoms with Crippen molar-refractivity contribution >= 4 is 45.0 Å². The number of carboxylic acid groups (broad SMARTS) is 1. The molecule has 2 aromatic carbocycles. The molecule has 0 aliphatic rings. The summed E-state index contributed by atoms with van der Waals surface area (Å²) in [6.45, 7) is 6.45. The molecule has 0 radical (unpaired) electrons. The van der Waals surface area contributed by atoms with E-state index in [1.54, 1.807) is 6.07 Å². The minimum absolute atomic E-state index is 0.0776. The minimum Gasteiger partial charge on any atom is -0.477 e. The molecule has 0 unspecified atom stereocenters. The largest absolute Gasteiger partial charge is 0.477 e. The Morgan fingerprint density at radius 1 is 1.16 bits per heavy atom. The van der Waals surface area contributed by atoms with E-state index in [-0.39, 0.29) is 16.1 Å². The van der Waals surface area contributed by atoms with Crippen LogP contribution < -0.4 is 4.72 Å². The standard InChI is InChI=1S/C19H18FNO2S2/c1-19(2,3)11-4-7-13(8-5-11)25-21-16-14-10-12(20)6-9-15(14)24-17(16)18(22)23/h4-10,21H,1-3H3,(H,22,23). The number of fused-ring (bicyclic) bond motifs is 1. The predicted octanol–water partition coefficient (Wildman–Crippen LogP) is 6.16. The van der Waals surface area contributed by atoms with E-state index in [1.165, 1.54) is 29.6 Å². The van der Waals surface area contributed by atoms with Crippen molar-refractivity contribution in [2.24, 2.45) is 0 Å². The fourth-order valence-corrected chi connectivity index (χ4v) is 4.20. The lowest BCUT2D eigenvalue weighted by molar-refractivity contribution is 0.0703. The second kappa shape index (κ2) is 6.69. The van der Waals surface area contributed by atoms with Gasteiger partial charge >= 0.3 is 5.97 Å². The maximum Gasteiger partial charge on any atom is 0.348 e. The number of rotatable bonds is 4. The molecule has 0 aliphatic carbocycles. The van der Waals surface area contributed by atoms with Gasteiger partial charge in [0, 0.05) is 15.0 Å². The highest BCUT2D eigenvalue weighted by Gasteiger charge is 2.19. The van der Waals surface area contributed by atoms with Crippen LogP contribution in [0.3, 0.4) is 0 Å². The van der Waals surface area contributed by atoms with E-state index in [0.29, 0.717) is 11.1 Å². The topological polar surface area (TPSA) is 49.3 Å². The maximum absolute atomic E-state index is 13.6. The smallest absolute Gasteiger partial charge is 0.348 e. The van der Waals surface area contributed by atoms with Crippen molar-refractivity contribution in [3.63, 3.8) is 0 Å². The molecule has 25 heavy (non-hydrogen) atoms. The highest BCUT2D eigenvalue weighted by Crippen LogP contribution is 2.38. The summed E-state index contributed by atoms with van der Waals surface area (Å²) >= 11 is 2.46. The Balaban J connectivity index is 1.89. The van der Waals surface area contributed by atoms with Gasteiger partial charge in [0.2, 0.25) is 0 Å². The van der Waals surface area contributed by atoms with Crippen molar-refractivity contribution in [3.05, 3.63) is 58.7 Å². The Bertz CT molecular complexity index is 927. The van der Waals surface area contributed by atoms with Crippen LogP contribution in [0.25, 0.3) is 10.1 Å². The Kier molecular flexibility index (Phi) is 4.75. The van der Waals surface area contributed by atoms with Crippen LogP contribution in [0.15, 0.2) is 47.4 Å². The zero-order valence-corrected chi connectivity index (χ0v) is 15.7. The van der Waals surface area contributed by atoms with E-state index in [1.807, 2.05) is 12.1 Å². The van der Waals surface area contributed by atoms with Gasteiger partial charge in [0.25, 0.3) is 0 Å². The third kappa shape index (κ3) is 3.80. The van der Waals surface area contributed by atoms with E-state index in [9.17, 15) is 14.3 Å². The average molecular weight is 375 g/mol. The summed E-state index contributed by atoms with van der Waals surface area (Å²) in [6, 6.07) is 12.4. The maximum atomic E-state index is 13.6. The van der Waals surface area contributed by atoms with Gasteiger partial charge < -0.3 is 9.83 Å². The molecule has 1 heterocycles. The van der Waals surface area contributed by atoms with Gasteiger partial charge in [-0.2, -0.15) is 0 Å². The molecule has 2 N–H and O–H groups in total. The Labute approximate surface area is 154 Å². The van der Waals surface area contributed by atoms with E-state index in [4.69, 9.17) is 0 Å². The fourth-order valence-electron chi connectivity index (χ4n) is 2.45.